The molecule has 0 radical (unpaired) electrons. The van der Waals surface area contributed by atoms with Crippen LogP contribution in [0.4, 0.5) is 0 Å². The molecule has 0 aliphatic heterocycles. The van der Waals surface area contributed by atoms with Crippen molar-refractivity contribution in [2.75, 3.05) is 0 Å². The molecule has 1 atom stereocenters. The SMILES string of the molecule is CCCCCCC#C[C@@H](CCC#N)OC(=O)CCC. The van der Waals surface area contributed by atoms with Crippen LogP contribution in [0.15, 0.2) is 0 Å². The number of rotatable bonds is 9. The Morgan fingerprint density at radius 2 is 1.95 bits per heavy atom. The average Bonchev–Trinajstić information content (AvgIpc) is 2.39. The second-order valence-corrected chi connectivity index (χ2v) is 4.56. The summed E-state index contributed by atoms with van der Waals surface area (Å²) in [5.74, 6) is 5.82. The zero-order chi connectivity index (χ0) is 14.3. The summed E-state index contributed by atoms with van der Waals surface area (Å²) in [5.41, 5.74) is 0. The van der Waals surface area contributed by atoms with Gasteiger partial charge >= 0.3 is 5.97 Å². The van der Waals surface area contributed by atoms with Crippen molar-refractivity contribution in [3.05, 3.63) is 0 Å². The van der Waals surface area contributed by atoms with Crippen molar-refractivity contribution in [1.82, 2.24) is 0 Å². The molecule has 0 aromatic heterocycles. The smallest absolute Gasteiger partial charge is 0.307 e. The van der Waals surface area contributed by atoms with Crippen molar-refractivity contribution < 1.29 is 9.53 Å². The largest absolute Gasteiger partial charge is 0.449 e. The molecule has 0 bridgehead atoms. The lowest BCUT2D eigenvalue weighted by Crippen LogP contribution is -2.16. The summed E-state index contributed by atoms with van der Waals surface area (Å²) < 4.78 is 5.26. The Balaban J connectivity index is 4.08. The first-order valence-electron chi connectivity index (χ1n) is 7.29. The van der Waals surface area contributed by atoms with Crippen LogP contribution < -0.4 is 0 Å². The molecule has 0 heterocycles. The lowest BCUT2D eigenvalue weighted by atomic mass is 10.1. The van der Waals surface area contributed by atoms with E-state index in [1.807, 2.05) is 6.92 Å². The summed E-state index contributed by atoms with van der Waals surface area (Å²) in [6.45, 7) is 4.11. The molecule has 0 saturated carbocycles. The van der Waals surface area contributed by atoms with E-state index in [0.717, 1.165) is 19.3 Å². The number of unbranched alkanes of at least 4 members (excludes halogenated alkanes) is 4. The summed E-state index contributed by atoms with van der Waals surface area (Å²) in [5, 5.41) is 8.58. The van der Waals surface area contributed by atoms with Gasteiger partial charge in [0.1, 0.15) is 0 Å². The molecule has 0 N–H and O–H groups in total. The minimum absolute atomic E-state index is 0.217. The van der Waals surface area contributed by atoms with Gasteiger partial charge in [0.25, 0.3) is 0 Å². The van der Waals surface area contributed by atoms with E-state index in [-0.39, 0.29) is 5.97 Å². The van der Waals surface area contributed by atoms with Gasteiger partial charge in [-0.05, 0) is 12.8 Å². The topological polar surface area (TPSA) is 50.1 Å². The number of hydrogen-bond donors (Lipinski definition) is 0. The van der Waals surface area contributed by atoms with Gasteiger partial charge in [0.2, 0.25) is 0 Å². The van der Waals surface area contributed by atoms with Crippen LogP contribution in [0.2, 0.25) is 0 Å². The van der Waals surface area contributed by atoms with Crippen molar-refractivity contribution in [2.45, 2.75) is 77.7 Å². The first-order chi connectivity index (χ1) is 9.24. The monoisotopic (exact) mass is 263 g/mol. The second kappa shape index (κ2) is 13.0. The molecule has 0 aromatic carbocycles. The number of esters is 1. The van der Waals surface area contributed by atoms with Crippen molar-refractivity contribution in [1.29, 1.82) is 5.26 Å². The van der Waals surface area contributed by atoms with Gasteiger partial charge in [0.05, 0.1) is 6.07 Å². The molecular formula is C16H25NO2. The van der Waals surface area contributed by atoms with E-state index in [2.05, 4.69) is 24.8 Å². The fraction of sp³-hybridized carbons (Fsp3) is 0.750. The Labute approximate surface area is 117 Å². The molecule has 0 aromatic rings. The Morgan fingerprint density at radius 3 is 2.58 bits per heavy atom. The Hall–Kier alpha value is -1.48. The molecule has 0 aliphatic rings. The van der Waals surface area contributed by atoms with Crippen LogP contribution in [0.5, 0.6) is 0 Å². The van der Waals surface area contributed by atoms with E-state index in [1.165, 1.54) is 19.3 Å². The maximum Gasteiger partial charge on any atom is 0.307 e. The number of ether oxygens (including phenoxy) is 1. The van der Waals surface area contributed by atoms with Crippen LogP contribution in [0.25, 0.3) is 0 Å². The fourth-order valence-corrected chi connectivity index (χ4v) is 1.60. The number of hydrogen-bond acceptors (Lipinski definition) is 3. The molecule has 0 fully saturated rings. The first kappa shape index (κ1) is 17.5. The highest BCUT2D eigenvalue weighted by atomic mass is 16.5. The van der Waals surface area contributed by atoms with Crippen molar-refractivity contribution in [3.8, 4) is 17.9 Å². The van der Waals surface area contributed by atoms with Crippen LogP contribution in [0.1, 0.15) is 71.6 Å². The van der Waals surface area contributed by atoms with Crippen LogP contribution in [0.3, 0.4) is 0 Å². The summed E-state index contributed by atoms with van der Waals surface area (Å²) >= 11 is 0. The van der Waals surface area contributed by atoms with Crippen LogP contribution in [0, 0.1) is 23.2 Å². The molecule has 3 nitrogen and oxygen atoms in total. The Kier molecular flexibility index (Phi) is 12.0. The van der Waals surface area contributed by atoms with Crippen molar-refractivity contribution >= 4 is 5.97 Å². The number of nitrogens with zero attached hydrogens (tertiary/aromatic N) is 1. The van der Waals surface area contributed by atoms with Crippen molar-refractivity contribution in [2.24, 2.45) is 0 Å². The van der Waals surface area contributed by atoms with Crippen LogP contribution in [-0.4, -0.2) is 12.1 Å². The van der Waals surface area contributed by atoms with Gasteiger partial charge in [0.15, 0.2) is 6.10 Å². The maximum absolute atomic E-state index is 11.4. The number of nitriles is 1. The highest BCUT2D eigenvalue weighted by Gasteiger charge is 2.10. The quantitative estimate of drug-likeness (QED) is 0.359. The van der Waals surface area contributed by atoms with E-state index in [1.54, 1.807) is 0 Å². The van der Waals surface area contributed by atoms with Crippen LogP contribution in [-0.2, 0) is 9.53 Å². The van der Waals surface area contributed by atoms with Gasteiger partial charge in [-0.1, -0.05) is 45.0 Å². The maximum atomic E-state index is 11.4. The summed E-state index contributed by atoms with van der Waals surface area (Å²) in [4.78, 5) is 11.4. The molecular weight excluding hydrogens is 238 g/mol. The Morgan fingerprint density at radius 1 is 1.16 bits per heavy atom. The number of carbonyl (C=O) groups excluding carboxylic acids is 1. The molecule has 0 amide bonds. The zero-order valence-corrected chi connectivity index (χ0v) is 12.2. The van der Waals surface area contributed by atoms with E-state index in [9.17, 15) is 4.79 Å². The minimum atomic E-state index is -0.412. The number of carbonyl (C=O) groups is 1. The minimum Gasteiger partial charge on any atom is -0.449 e. The summed E-state index contributed by atoms with van der Waals surface area (Å²) in [6, 6.07) is 2.06. The highest BCUT2D eigenvalue weighted by Crippen LogP contribution is 2.05. The van der Waals surface area contributed by atoms with Crippen molar-refractivity contribution in [3.63, 3.8) is 0 Å². The Bertz CT molecular complexity index is 333. The summed E-state index contributed by atoms with van der Waals surface area (Å²) in [7, 11) is 0. The molecule has 0 spiro atoms. The van der Waals surface area contributed by atoms with Gasteiger partial charge < -0.3 is 4.74 Å². The summed E-state index contributed by atoms with van der Waals surface area (Å²) in [6.07, 6.45) is 7.24. The molecule has 106 valence electrons. The lowest BCUT2D eigenvalue weighted by molar-refractivity contribution is -0.146. The third-order valence-corrected chi connectivity index (χ3v) is 2.66. The average molecular weight is 263 g/mol. The third-order valence-electron chi connectivity index (χ3n) is 2.66. The molecule has 19 heavy (non-hydrogen) atoms. The van der Waals surface area contributed by atoms with E-state index >= 15 is 0 Å². The molecule has 3 heteroatoms. The van der Waals surface area contributed by atoms with E-state index in [4.69, 9.17) is 10.00 Å². The van der Waals surface area contributed by atoms with E-state index in [0.29, 0.717) is 19.3 Å². The third kappa shape index (κ3) is 11.3. The zero-order valence-electron chi connectivity index (χ0n) is 12.2. The standard InChI is InChI=1S/C16H25NO2/c1-3-5-6-7-8-9-12-15(13-10-14-17)19-16(18)11-4-2/h15H,3-8,10-11,13H2,1-2H3/t15-/m0/s1. The molecule has 0 aliphatic carbocycles. The van der Waals surface area contributed by atoms with Gasteiger partial charge in [-0.3, -0.25) is 4.79 Å². The second-order valence-electron chi connectivity index (χ2n) is 4.56. The molecule has 0 unspecified atom stereocenters. The predicted molar refractivity (Wildman–Crippen MR) is 76.2 cm³/mol. The lowest BCUT2D eigenvalue weighted by Gasteiger charge is -2.10. The predicted octanol–water partition coefficient (Wildman–Crippen LogP) is 3.98. The van der Waals surface area contributed by atoms with Gasteiger partial charge in [-0.25, -0.2) is 0 Å². The normalized spacial score (nSPS) is 11.0. The van der Waals surface area contributed by atoms with Gasteiger partial charge in [0, 0.05) is 25.7 Å². The molecule has 0 saturated heterocycles. The van der Waals surface area contributed by atoms with Gasteiger partial charge in [-0.2, -0.15) is 5.26 Å². The highest BCUT2D eigenvalue weighted by molar-refractivity contribution is 5.69. The first-order valence-corrected chi connectivity index (χ1v) is 7.29. The van der Waals surface area contributed by atoms with Gasteiger partial charge in [-0.15, -0.1) is 0 Å². The molecule has 0 rings (SSSR count). The van der Waals surface area contributed by atoms with Crippen LogP contribution >= 0.6 is 0 Å². The van der Waals surface area contributed by atoms with E-state index < -0.39 is 6.10 Å². The fourth-order valence-electron chi connectivity index (χ4n) is 1.60.